The number of aromatic nitrogens is 4. The van der Waals surface area contributed by atoms with E-state index in [4.69, 9.17) is 0 Å². The molecule has 3 rings (SSSR count). The van der Waals surface area contributed by atoms with E-state index in [0.29, 0.717) is 11.5 Å². The molecule has 0 unspecified atom stereocenters. The molecule has 0 saturated heterocycles. The first-order valence-corrected chi connectivity index (χ1v) is 8.83. The van der Waals surface area contributed by atoms with Gasteiger partial charge in [-0.2, -0.15) is 0 Å². The molecule has 140 valence electrons. The van der Waals surface area contributed by atoms with Gasteiger partial charge in [-0.3, -0.25) is 4.79 Å². The first kappa shape index (κ1) is 18.6. The predicted octanol–water partition coefficient (Wildman–Crippen LogP) is 3.67. The van der Waals surface area contributed by atoms with Crippen LogP contribution in [-0.2, 0) is 0 Å². The van der Waals surface area contributed by atoms with Crippen molar-refractivity contribution in [3.05, 3.63) is 54.1 Å². The molecule has 0 aliphatic carbocycles. The van der Waals surface area contributed by atoms with Crippen molar-refractivity contribution < 1.29 is 4.79 Å². The minimum Gasteiger partial charge on any atom is -0.345 e. The topological polar surface area (TPSA) is 75.9 Å². The quantitative estimate of drug-likeness (QED) is 0.747. The molecule has 2 heterocycles. The number of nitrogens with zero attached hydrogens (tertiary/aromatic N) is 5. The van der Waals surface area contributed by atoms with Crippen LogP contribution in [0.2, 0.25) is 0 Å². The van der Waals surface area contributed by atoms with Crippen molar-refractivity contribution in [2.24, 2.45) is 0 Å². The molecule has 3 aromatic rings. The Kier molecular flexibility index (Phi) is 5.21. The Labute approximate surface area is 159 Å². The third kappa shape index (κ3) is 3.97. The summed E-state index contributed by atoms with van der Waals surface area (Å²) in [5, 5.41) is 3.19. The fourth-order valence-corrected chi connectivity index (χ4v) is 2.94. The summed E-state index contributed by atoms with van der Waals surface area (Å²) in [7, 11) is 3.47. The van der Waals surface area contributed by atoms with E-state index < -0.39 is 0 Å². The molecule has 2 aromatic heterocycles. The van der Waals surface area contributed by atoms with Crippen LogP contribution in [0, 0.1) is 6.92 Å². The summed E-state index contributed by atoms with van der Waals surface area (Å²) < 4.78 is 2.15. The molecule has 0 bridgehead atoms. The highest BCUT2D eigenvalue weighted by atomic mass is 16.2. The number of carbonyl (C=O) groups excluding carboxylic acids is 1. The molecule has 0 aliphatic heterocycles. The van der Waals surface area contributed by atoms with Crippen molar-refractivity contribution in [3.63, 3.8) is 0 Å². The largest absolute Gasteiger partial charge is 0.345 e. The Morgan fingerprint density at radius 2 is 1.81 bits per heavy atom. The lowest BCUT2D eigenvalue weighted by Gasteiger charge is -2.14. The van der Waals surface area contributed by atoms with Gasteiger partial charge >= 0.3 is 0 Å². The second-order valence-electron chi connectivity index (χ2n) is 6.82. The third-order valence-electron chi connectivity index (χ3n) is 4.21. The molecule has 0 spiro atoms. The fourth-order valence-electron chi connectivity index (χ4n) is 2.94. The second kappa shape index (κ2) is 7.57. The molecule has 0 fully saturated rings. The number of rotatable bonds is 5. The van der Waals surface area contributed by atoms with Crippen molar-refractivity contribution in [1.82, 2.24) is 24.4 Å². The van der Waals surface area contributed by atoms with Crippen LogP contribution in [0.3, 0.4) is 0 Å². The monoisotopic (exact) mass is 364 g/mol. The molecule has 0 radical (unpaired) electrons. The number of nitrogens with one attached hydrogen (secondary N) is 1. The van der Waals surface area contributed by atoms with E-state index in [2.05, 4.69) is 38.7 Å². The number of hydrogen-bond donors (Lipinski definition) is 1. The standard InChI is InChI=1S/C20H24N6O/c1-13(2)26-14(3)22-12-18(26)17-10-11-21-20(24-17)23-16-8-6-15(7-9-16)19(27)25(4)5/h6-13H,1-5H3,(H,21,23,24). The maximum absolute atomic E-state index is 12.0. The number of anilines is 2. The van der Waals surface area contributed by atoms with Crippen molar-refractivity contribution >= 4 is 17.5 Å². The van der Waals surface area contributed by atoms with Crippen molar-refractivity contribution in [2.45, 2.75) is 26.8 Å². The zero-order valence-corrected chi connectivity index (χ0v) is 16.3. The van der Waals surface area contributed by atoms with Crippen molar-refractivity contribution in [3.8, 4) is 11.4 Å². The van der Waals surface area contributed by atoms with Gasteiger partial charge < -0.3 is 14.8 Å². The number of imidazole rings is 1. The zero-order chi connectivity index (χ0) is 19.6. The summed E-state index contributed by atoms with van der Waals surface area (Å²) in [5.74, 6) is 1.42. The highest BCUT2D eigenvalue weighted by Crippen LogP contribution is 2.24. The highest BCUT2D eigenvalue weighted by molar-refractivity contribution is 5.94. The number of amides is 1. The van der Waals surface area contributed by atoms with Crippen LogP contribution in [0.1, 0.15) is 36.1 Å². The lowest BCUT2D eigenvalue weighted by molar-refractivity contribution is 0.0827. The molecule has 0 saturated carbocycles. The van der Waals surface area contributed by atoms with Crippen molar-refractivity contribution in [2.75, 3.05) is 19.4 Å². The summed E-state index contributed by atoms with van der Waals surface area (Å²) in [4.78, 5) is 26.9. The summed E-state index contributed by atoms with van der Waals surface area (Å²) in [5.41, 5.74) is 3.22. The van der Waals surface area contributed by atoms with E-state index in [1.165, 1.54) is 0 Å². The summed E-state index contributed by atoms with van der Waals surface area (Å²) in [6, 6.07) is 9.41. The average Bonchev–Trinajstić information content (AvgIpc) is 3.04. The Morgan fingerprint density at radius 1 is 1.11 bits per heavy atom. The Balaban J connectivity index is 1.84. The van der Waals surface area contributed by atoms with Gasteiger partial charge in [-0.1, -0.05) is 0 Å². The van der Waals surface area contributed by atoms with Gasteiger partial charge in [0.25, 0.3) is 5.91 Å². The maximum atomic E-state index is 12.0. The number of hydrogen-bond acceptors (Lipinski definition) is 5. The predicted molar refractivity (Wildman–Crippen MR) is 106 cm³/mol. The Bertz CT molecular complexity index is 943. The van der Waals surface area contributed by atoms with E-state index in [-0.39, 0.29) is 11.9 Å². The SMILES string of the molecule is Cc1ncc(-c2ccnc(Nc3ccc(C(=O)N(C)C)cc3)n2)n1C(C)C. The smallest absolute Gasteiger partial charge is 0.253 e. The summed E-state index contributed by atoms with van der Waals surface area (Å²) in [6.07, 6.45) is 3.56. The Morgan fingerprint density at radius 3 is 2.44 bits per heavy atom. The zero-order valence-electron chi connectivity index (χ0n) is 16.3. The number of benzene rings is 1. The minimum atomic E-state index is -0.0304. The van der Waals surface area contributed by atoms with Crippen LogP contribution in [-0.4, -0.2) is 44.4 Å². The fraction of sp³-hybridized carbons (Fsp3) is 0.300. The van der Waals surface area contributed by atoms with Crippen LogP contribution in [0.5, 0.6) is 0 Å². The van der Waals surface area contributed by atoms with Crippen molar-refractivity contribution in [1.29, 1.82) is 0 Å². The van der Waals surface area contributed by atoms with Crippen LogP contribution >= 0.6 is 0 Å². The molecule has 1 N–H and O–H groups in total. The number of aryl methyl sites for hydroxylation is 1. The molecular weight excluding hydrogens is 340 g/mol. The normalized spacial score (nSPS) is 10.9. The number of carbonyl (C=O) groups is 1. The van der Waals surface area contributed by atoms with Crippen LogP contribution in [0.25, 0.3) is 11.4 Å². The van der Waals surface area contributed by atoms with Gasteiger partial charge in [-0.05, 0) is 51.1 Å². The third-order valence-corrected chi connectivity index (χ3v) is 4.21. The molecule has 1 aromatic carbocycles. The van der Waals surface area contributed by atoms with E-state index in [1.54, 1.807) is 37.3 Å². The Hall–Kier alpha value is -3.22. The van der Waals surface area contributed by atoms with Gasteiger partial charge in [0, 0.05) is 37.6 Å². The molecule has 1 amide bonds. The molecule has 0 aliphatic rings. The van der Waals surface area contributed by atoms with Crippen LogP contribution in [0.4, 0.5) is 11.6 Å². The maximum Gasteiger partial charge on any atom is 0.253 e. The highest BCUT2D eigenvalue weighted by Gasteiger charge is 2.13. The molecule has 7 heteroatoms. The van der Waals surface area contributed by atoms with Gasteiger partial charge in [-0.15, -0.1) is 0 Å². The first-order chi connectivity index (χ1) is 12.9. The van der Waals surface area contributed by atoms with Gasteiger partial charge in [0.2, 0.25) is 5.95 Å². The minimum absolute atomic E-state index is 0.0304. The molecular formula is C20H24N6O. The summed E-state index contributed by atoms with van der Waals surface area (Å²) >= 11 is 0. The van der Waals surface area contributed by atoms with Gasteiger partial charge in [0.15, 0.2) is 0 Å². The lowest BCUT2D eigenvalue weighted by atomic mass is 10.2. The average molecular weight is 364 g/mol. The second-order valence-corrected chi connectivity index (χ2v) is 6.82. The first-order valence-electron chi connectivity index (χ1n) is 8.83. The van der Waals surface area contributed by atoms with Gasteiger partial charge in [0.1, 0.15) is 5.82 Å². The van der Waals surface area contributed by atoms with E-state index in [0.717, 1.165) is 22.9 Å². The molecule has 0 atom stereocenters. The molecule has 27 heavy (non-hydrogen) atoms. The van der Waals surface area contributed by atoms with Gasteiger partial charge in [-0.25, -0.2) is 15.0 Å². The van der Waals surface area contributed by atoms with E-state index >= 15 is 0 Å². The van der Waals surface area contributed by atoms with Gasteiger partial charge in [0.05, 0.1) is 17.6 Å². The molecule has 7 nitrogen and oxygen atoms in total. The lowest BCUT2D eigenvalue weighted by Crippen LogP contribution is -2.21. The van der Waals surface area contributed by atoms with Crippen LogP contribution in [0.15, 0.2) is 42.7 Å². The van der Waals surface area contributed by atoms with E-state index in [1.807, 2.05) is 31.3 Å². The van der Waals surface area contributed by atoms with Crippen LogP contribution < -0.4 is 5.32 Å². The summed E-state index contributed by atoms with van der Waals surface area (Å²) in [6.45, 7) is 6.23. The van der Waals surface area contributed by atoms with E-state index in [9.17, 15) is 4.79 Å².